The van der Waals surface area contributed by atoms with E-state index in [9.17, 15) is 9.90 Å². The molecule has 0 saturated carbocycles. The number of halogens is 1. The van der Waals surface area contributed by atoms with E-state index in [0.29, 0.717) is 16.5 Å². The van der Waals surface area contributed by atoms with Gasteiger partial charge in [0, 0.05) is 9.90 Å². The molecule has 3 nitrogen and oxygen atoms in total. The van der Waals surface area contributed by atoms with Crippen LogP contribution in [0.2, 0.25) is 5.02 Å². The number of carbonyl (C=O) groups excluding carboxylic acids is 1. The summed E-state index contributed by atoms with van der Waals surface area (Å²) in [5, 5.41) is 10.6. The molecule has 0 fully saturated rings. The Kier molecular flexibility index (Phi) is 6.48. The predicted octanol–water partition coefficient (Wildman–Crippen LogP) is 4.95. The Labute approximate surface area is 145 Å². The number of ether oxygens (including phenoxy) is 1. The Morgan fingerprint density at radius 3 is 2.78 bits per heavy atom. The van der Waals surface area contributed by atoms with E-state index in [1.165, 1.54) is 28.9 Å². The van der Waals surface area contributed by atoms with Crippen molar-refractivity contribution in [3.63, 3.8) is 0 Å². The Bertz CT molecular complexity index is 666. The molecule has 1 aromatic carbocycles. The number of carbonyl (C=O) groups is 1. The summed E-state index contributed by atoms with van der Waals surface area (Å²) in [6, 6.07) is 9.22. The lowest BCUT2D eigenvalue weighted by Crippen LogP contribution is -2.15. The molecule has 1 aromatic heterocycles. The number of esters is 1. The van der Waals surface area contributed by atoms with Gasteiger partial charge < -0.3 is 9.84 Å². The zero-order chi connectivity index (χ0) is 16.8. The molecule has 2 aromatic rings. The molecule has 0 radical (unpaired) electrons. The highest BCUT2D eigenvalue weighted by Gasteiger charge is 2.23. The number of rotatable bonds is 7. The number of hydrogen-bond donors (Lipinski definition) is 1. The van der Waals surface area contributed by atoms with Gasteiger partial charge in [0.15, 0.2) is 5.06 Å². The van der Waals surface area contributed by atoms with Gasteiger partial charge in [0.2, 0.25) is 0 Å². The molecule has 23 heavy (non-hydrogen) atoms. The van der Waals surface area contributed by atoms with Gasteiger partial charge in [0.05, 0.1) is 13.0 Å². The van der Waals surface area contributed by atoms with E-state index in [-0.39, 0.29) is 11.9 Å². The van der Waals surface area contributed by atoms with E-state index in [1.807, 2.05) is 24.3 Å². The van der Waals surface area contributed by atoms with Crippen molar-refractivity contribution in [3.05, 3.63) is 51.4 Å². The van der Waals surface area contributed by atoms with Crippen LogP contribution in [0.25, 0.3) is 0 Å². The molecule has 0 unspecified atom stereocenters. The van der Waals surface area contributed by atoms with Gasteiger partial charge in [-0.1, -0.05) is 36.7 Å². The van der Waals surface area contributed by atoms with Crippen molar-refractivity contribution < 1.29 is 14.6 Å². The van der Waals surface area contributed by atoms with E-state index in [1.54, 1.807) is 6.07 Å². The molecule has 0 amide bonds. The number of aromatic hydroxyl groups is 1. The lowest BCUT2D eigenvalue weighted by atomic mass is 9.93. The minimum atomic E-state index is -0.354. The molecule has 0 aliphatic heterocycles. The summed E-state index contributed by atoms with van der Waals surface area (Å²) in [6.07, 6.45) is 3.24. The highest BCUT2D eigenvalue weighted by molar-refractivity contribution is 7.13. The van der Waals surface area contributed by atoms with E-state index in [4.69, 9.17) is 16.3 Å². The SMILES string of the molecule is CCc1cc(O)sc1CCC[C@H](C(=O)OC)c1ccccc1Cl. The summed E-state index contributed by atoms with van der Waals surface area (Å²) in [5.41, 5.74) is 1.99. The first-order chi connectivity index (χ1) is 11.1. The largest absolute Gasteiger partial charge is 0.499 e. The smallest absolute Gasteiger partial charge is 0.313 e. The second-order valence-electron chi connectivity index (χ2n) is 5.38. The van der Waals surface area contributed by atoms with E-state index >= 15 is 0 Å². The van der Waals surface area contributed by atoms with Crippen molar-refractivity contribution >= 4 is 28.9 Å². The van der Waals surface area contributed by atoms with Crippen molar-refractivity contribution in [2.45, 2.75) is 38.5 Å². The zero-order valence-corrected chi connectivity index (χ0v) is 14.9. The number of hydrogen-bond acceptors (Lipinski definition) is 4. The van der Waals surface area contributed by atoms with Crippen LogP contribution in [0.15, 0.2) is 30.3 Å². The first-order valence-corrected chi connectivity index (χ1v) is 8.89. The van der Waals surface area contributed by atoms with Crippen LogP contribution in [-0.4, -0.2) is 18.2 Å². The highest BCUT2D eigenvalue weighted by Crippen LogP contribution is 2.33. The normalized spacial score (nSPS) is 12.1. The maximum absolute atomic E-state index is 12.1. The first kappa shape index (κ1) is 17.8. The van der Waals surface area contributed by atoms with Crippen LogP contribution >= 0.6 is 22.9 Å². The minimum absolute atomic E-state index is 0.261. The summed E-state index contributed by atoms with van der Waals surface area (Å²) in [6.45, 7) is 2.08. The van der Waals surface area contributed by atoms with Crippen molar-refractivity contribution in [2.75, 3.05) is 7.11 Å². The van der Waals surface area contributed by atoms with Crippen LogP contribution in [0.5, 0.6) is 5.06 Å². The minimum Gasteiger partial charge on any atom is -0.499 e. The van der Waals surface area contributed by atoms with Crippen LogP contribution in [0, 0.1) is 0 Å². The molecule has 124 valence electrons. The lowest BCUT2D eigenvalue weighted by molar-refractivity contribution is -0.142. The van der Waals surface area contributed by atoms with Crippen molar-refractivity contribution in [1.82, 2.24) is 0 Å². The Hall–Kier alpha value is -1.52. The third kappa shape index (κ3) is 4.49. The van der Waals surface area contributed by atoms with Gasteiger partial charge in [-0.3, -0.25) is 4.79 Å². The maximum Gasteiger partial charge on any atom is 0.313 e. The molecular weight excluding hydrogens is 332 g/mol. The van der Waals surface area contributed by atoms with Crippen LogP contribution in [0.1, 0.15) is 41.7 Å². The molecule has 1 heterocycles. The monoisotopic (exact) mass is 352 g/mol. The fourth-order valence-corrected chi connectivity index (χ4v) is 4.03. The van der Waals surface area contributed by atoms with E-state index < -0.39 is 0 Å². The van der Waals surface area contributed by atoms with Crippen molar-refractivity contribution in [3.8, 4) is 5.06 Å². The molecule has 0 aliphatic rings. The highest BCUT2D eigenvalue weighted by atomic mass is 35.5. The first-order valence-electron chi connectivity index (χ1n) is 7.69. The Morgan fingerprint density at radius 1 is 1.39 bits per heavy atom. The lowest BCUT2D eigenvalue weighted by Gasteiger charge is -2.16. The van der Waals surface area contributed by atoms with Crippen molar-refractivity contribution in [2.24, 2.45) is 0 Å². The van der Waals surface area contributed by atoms with Gasteiger partial charge in [0.25, 0.3) is 0 Å². The average molecular weight is 353 g/mol. The Balaban J connectivity index is 2.07. The summed E-state index contributed by atoms with van der Waals surface area (Å²) in [4.78, 5) is 13.3. The Morgan fingerprint density at radius 2 is 2.13 bits per heavy atom. The molecule has 5 heteroatoms. The zero-order valence-electron chi connectivity index (χ0n) is 13.3. The third-order valence-electron chi connectivity index (χ3n) is 3.93. The van der Waals surface area contributed by atoms with Crippen LogP contribution in [0.4, 0.5) is 0 Å². The predicted molar refractivity (Wildman–Crippen MR) is 94.5 cm³/mol. The molecule has 0 spiro atoms. The quantitative estimate of drug-likeness (QED) is 0.717. The average Bonchev–Trinajstić information content (AvgIpc) is 2.92. The second-order valence-corrected chi connectivity index (χ2v) is 6.90. The maximum atomic E-state index is 12.1. The van der Waals surface area contributed by atoms with Crippen LogP contribution in [-0.2, 0) is 22.4 Å². The molecule has 1 N–H and O–H groups in total. The van der Waals surface area contributed by atoms with Crippen LogP contribution < -0.4 is 0 Å². The van der Waals surface area contributed by atoms with Gasteiger partial charge in [-0.15, -0.1) is 11.3 Å². The number of methoxy groups -OCH3 is 1. The third-order valence-corrected chi connectivity index (χ3v) is 5.31. The van der Waals surface area contributed by atoms with E-state index in [2.05, 4.69) is 6.92 Å². The summed E-state index contributed by atoms with van der Waals surface area (Å²) < 4.78 is 4.94. The fraction of sp³-hybridized carbons (Fsp3) is 0.389. The number of benzene rings is 1. The van der Waals surface area contributed by atoms with Crippen molar-refractivity contribution in [1.29, 1.82) is 0 Å². The van der Waals surface area contributed by atoms with Gasteiger partial charge in [-0.25, -0.2) is 0 Å². The van der Waals surface area contributed by atoms with Gasteiger partial charge in [0.1, 0.15) is 0 Å². The topological polar surface area (TPSA) is 46.5 Å². The summed E-state index contributed by atoms with van der Waals surface area (Å²) in [5.74, 6) is -0.616. The number of aryl methyl sites for hydroxylation is 2. The second kappa shape index (κ2) is 8.37. The molecular formula is C18H21ClO3S. The van der Waals surface area contributed by atoms with Crippen LogP contribution in [0.3, 0.4) is 0 Å². The summed E-state index contributed by atoms with van der Waals surface area (Å²) in [7, 11) is 1.40. The molecule has 0 aliphatic carbocycles. The molecule has 0 bridgehead atoms. The molecule has 0 saturated heterocycles. The van der Waals surface area contributed by atoms with Gasteiger partial charge >= 0.3 is 5.97 Å². The summed E-state index contributed by atoms with van der Waals surface area (Å²) >= 11 is 7.65. The van der Waals surface area contributed by atoms with E-state index in [0.717, 1.165) is 24.8 Å². The fourth-order valence-electron chi connectivity index (χ4n) is 2.73. The van der Waals surface area contributed by atoms with Gasteiger partial charge in [-0.2, -0.15) is 0 Å². The molecule has 2 rings (SSSR count). The van der Waals surface area contributed by atoms with Gasteiger partial charge in [-0.05, 0) is 48.9 Å². The molecule has 1 atom stereocenters. The standard InChI is InChI=1S/C18H21ClO3S/c1-3-12-11-17(20)23-16(12)10-6-8-14(18(21)22-2)13-7-4-5-9-15(13)19/h4-5,7,9,11,14,20H,3,6,8,10H2,1-2H3/t14-/m0/s1. The number of thiophene rings is 1.